The van der Waals surface area contributed by atoms with E-state index in [1.165, 1.54) is 11.3 Å². The van der Waals surface area contributed by atoms with Crippen LogP contribution in [0.1, 0.15) is 18.2 Å². The molecule has 2 heterocycles. The molecule has 0 spiro atoms. The van der Waals surface area contributed by atoms with E-state index >= 15 is 0 Å². The average Bonchev–Trinajstić information content (AvgIpc) is 2.31. The van der Waals surface area contributed by atoms with E-state index in [1.54, 1.807) is 0 Å². The minimum absolute atomic E-state index is 0.888. The Morgan fingerprint density at radius 1 is 1.40 bits per heavy atom. The van der Waals surface area contributed by atoms with Crippen LogP contribution in [0.2, 0.25) is 0 Å². The summed E-state index contributed by atoms with van der Waals surface area (Å²) in [7, 11) is 0. The summed E-state index contributed by atoms with van der Waals surface area (Å²) in [5.41, 5.74) is 2.36. The molecule has 1 aliphatic rings. The zero-order valence-electron chi connectivity index (χ0n) is 9.45. The Bertz CT molecular complexity index is 331. The van der Waals surface area contributed by atoms with Crippen LogP contribution in [0.4, 0.5) is 5.95 Å². The summed E-state index contributed by atoms with van der Waals surface area (Å²) in [6, 6.07) is 0. The molecule has 0 unspecified atom stereocenters. The summed E-state index contributed by atoms with van der Waals surface area (Å²) in [5, 5.41) is 3.33. The molecule has 1 fully saturated rings. The Labute approximate surface area is 90.7 Å². The van der Waals surface area contributed by atoms with Crippen molar-refractivity contribution >= 4 is 5.95 Å². The van der Waals surface area contributed by atoms with Gasteiger partial charge in [-0.2, -0.15) is 0 Å². The van der Waals surface area contributed by atoms with Crippen LogP contribution in [-0.2, 0) is 6.42 Å². The van der Waals surface area contributed by atoms with Gasteiger partial charge in [0.2, 0.25) is 5.95 Å². The van der Waals surface area contributed by atoms with Crippen molar-refractivity contribution in [1.82, 2.24) is 15.3 Å². The maximum absolute atomic E-state index is 4.60. The highest BCUT2D eigenvalue weighted by atomic mass is 15.3. The van der Waals surface area contributed by atoms with Gasteiger partial charge >= 0.3 is 0 Å². The van der Waals surface area contributed by atoms with E-state index in [4.69, 9.17) is 0 Å². The molecule has 4 nitrogen and oxygen atoms in total. The first-order valence-electron chi connectivity index (χ1n) is 5.59. The molecular formula is C11H18N4. The van der Waals surface area contributed by atoms with Gasteiger partial charge in [-0.05, 0) is 18.9 Å². The Kier molecular flexibility index (Phi) is 3.16. The predicted molar refractivity (Wildman–Crippen MR) is 61.2 cm³/mol. The summed E-state index contributed by atoms with van der Waals surface area (Å²) in [6.07, 6.45) is 2.91. The molecule has 82 valence electrons. The maximum atomic E-state index is 4.60. The highest BCUT2D eigenvalue weighted by Crippen LogP contribution is 2.12. The van der Waals surface area contributed by atoms with E-state index in [1.807, 2.05) is 6.20 Å². The van der Waals surface area contributed by atoms with Gasteiger partial charge in [0.25, 0.3) is 0 Å². The Hall–Kier alpha value is -1.16. The van der Waals surface area contributed by atoms with Gasteiger partial charge in [-0.3, -0.25) is 0 Å². The number of aryl methyl sites for hydroxylation is 2. The van der Waals surface area contributed by atoms with Crippen molar-refractivity contribution in [2.45, 2.75) is 20.3 Å². The number of anilines is 1. The monoisotopic (exact) mass is 206 g/mol. The largest absolute Gasteiger partial charge is 0.338 e. The second-order valence-electron chi connectivity index (χ2n) is 3.89. The van der Waals surface area contributed by atoms with E-state index in [-0.39, 0.29) is 0 Å². The summed E-state index contributed by atoms with van der Waals surface area (Å²) >= 11 is 0. The van der Waals surface area contributed by atoms with Crippen molar-refractivity contribution in [3.63, 3.8) is 0 Å². The molecule has 1 aromatic rings. The molecule has 2 rings (SSSR count). The smallest absolute Gasteiger partial charge is 0.225 e. The van der Waals surface area contributed by atoms with Crippen LogP contribution in [0.3, 0.4) is 0 Å². The molecule has 0 amide bonds. The molecular weight excluding hydrogens is 188 g/mol. The number of hydrogen-bond donors (Lipinski definition) is 1. The molecule has 0 saturated carbocycles. The molecule has 1 saturated heterocycles. The zero-order valence-corrected chi connectivity index (χ0v) is 9.45. The molecule has 15 heavy (non-hydrogen) atoms. The molecule has 1 aliphatic heterocycles. The van der Waals surface area contributed by atoms with Gasteiger partial charge in [-0.1, -0.05) is 6.92 Å². The van der Waals surface area contributed by atoms with Crippen LogP contribution in [-0.4, -0.2) is 36.1 Å². The first-order valence-corrected chi connectivity index (χ1v) is 5.59. The average molecular weight is 206 g/mol. The lowest BCUT2D eigenvalue weighted by Gasteiger charge is -2.27. The summed E-state index contributed by atoms with van der Waals surface area (Å²) in [5.74, 6) is 0.888. The van der Waals surface area contributed by atoms with Crippen LogP contribution in [0, 0.1) is 6.92 Å². The minimum Gasteiger partial charge on any atom is -0.338 e. The van der Waals surface area contributed by atoms with Crippen LogP contribution < -0.4 is 10.2 Å². The van der Waals surface area contributed by atoms with Gasteiger partial charge in [0, 0.05) is 38.1 Å². The van der Waals surface area contributed by atoms with Crippen molar-refractivity contribution in [1.29, 1.82) is 0 Å². The molecule has 4 heteroatoms. The van der Waals surface area contributed by atoms with E-state index in [0.29, 0.717) is 0 Å². The third-order valence-corrected chi connectivity index (χ3v) is 2.80. The lowest BCUT2D eigenvalue weighted by atomic mass is 10.2. The number of rotatable bonds is 2. The fraction of sp³-hybridized carbons (Fsp3) is 0.636. The molecule has 0 bridgehead atoms. The fourth-order valence-electron chi connectivity index (χ4n) is 1.84. The maximum Gasteiger partial charge on any atom is 0.225 e. The first-order chi connectivity index (χ1) is 7.31. The molecule has 0 radical (unpaired) electrons. The van der Waals surface area contributed by atoms with E-state index < -0.39 is 0 Å². The summed E-state index contributed by atoms with van der Waals surface area (Å²) in [6.45, 7) is 8.27. The number of nitrogens with one attached hydrogen (secondary N) is 1. The Morgan fingerprint density at radius 3 is 2.80 bits per heavy atom. The normalized spacial score (nSPS) is 16.8. The van der Waals surface area contributed by atoms with Crippen LogP contribution >= 0.6 is 0 Å². The molecule has 0 atom stereocenters. The van der Waals surface area contributed by atoms with Gasteiger partial charge in [0.05, 0.1) is 0 Å². The number of piperazine rings is 1. The number of nitrogens with zero attached hydrogens (tertiary/aromatic N) is 3. The first kappa shape index (κ1) is 10.4. The minimum atomic E-state index is 0.888. The zero-order chi connectivity index (χ0) is 10.7. The van der Waals surface area contributed by atoms with Crippen molar-refractivity contribution in [3.8, 4) is 0 Å². The van der Waals surface area contributed by atoms with E-state index in [2.05, 4.69) is 34.0 Å². The van der Waals surface area contributed by atoms with Gasteiger partial charge in [0.15, 0.2) is 0 Å². The van der Waals surface area contributed by atoms with E-state index in [0.717, 1.165) is 38.5 Å². The third kappa shape index (κ3) is 2.26. The molecule has 0 aromatic carbocycles. The molecule has 1 N–H and O–H groups in total. The highest BCUT2D eigenvalue weighted by molar-refractivity contribution is 5.33. The van der Waals surface area contributed by atoms with Crippen molar-refractivity contribution < 1.29 is 0 Å². The second kappa shape index (κ2) is 4.57. The van der Waals surface area contributed by atoms with Crippen molar-refractivity contribution in [3.05, 3.63) is 17.5 Å². The van der Waals surface area contributed by atoms with Gasteiger partial charge < -0.3 is 10.2 Å². The lowest BCUT2D eigenvalue weighted by Crippen LogP contribution is -2.44. The fourth-order valence-corrected chi connectivity index (χ4v) is 1.84. The Balaban J connectivity index is 2.20. The highest BCUT2D eigenvalue weighted by Gasteiger charge is 2.13. The van der Waals surface area contributed by atoms with E-state index in [9.17, 15) is 0 Å². The topological polar surface area (TPSA) is 41.1 Å². The number of aromatic nitrogens is 2. The summed E-state index contributed by atoms with van der Waals surface area (Å²) < 4.78 is 0. The van der Waals surface area contributed by atoms with Crippen LogP contribution in [0.5, 0.6) is 0 Å². The predicted octanol–water partition coefficient (Wildman–Crippen LogP) is 0.757. The van der Waals surface area contributed by atoms with Crippen molar-refractivity contribution in [2.24, 2.45) is 0 Å². The SMILES string of the molecule is CCc1nc(N2CCNCC2)ncc1C. The van der Waals surface area contributed by atoms with Gasteiger partial charge in [0.1, 0.15) is 0 Å². The molecule has 0 aliphatic carbocycles. The van der Waals surface area contributed by atoms with Crippen molar-refractivity contribution in [2.75, 3.05) is 31.1 Å². The van der Waals surface area contributed by atoms with Crippen LogP contribution in [0.25, 0.3) is 0 Å². The quantitative estimate of drug-likeness (QED) is 0.775. The third-order valence-electron chi connectivity index (χ3n) is 2.80. The Morgan fingerprint density at radius 2 is 2.13 bits per heavy atom. The standard InChI is InChI=1S/C11H18N4/c1-3-10-9(2)8-13-11(14-10)15-6-4-12-5-7-15/h8,12H,3-7H2,1-2H3. The lowest BCUT2D eigenvalue weighted by molar-refractivity contribution is 0.578. The van der Waals surface area contributed by atoms with Gasteiger partial charge in [-0.25, -0.2) is 9.97 Å². The molecule has 1 aromatic heterocycles. The van der Waals surface area contributed by atoms with Gasteiger partial charge in [-0.15, -0.1) is 0 Å². The van der Waals surface area contributed by atoms with Crippen LogP contribution in [0.15, 0.2) is 6.20 Å². The second-order valence-corrected chi connectivity index (χ2v) is 3.89. The number of hydrogen-bond acceptors (Lipinski definition) is 4. The summed E-state index contributed by atoms with van der Waals surface area (Å²) in [4.78, 5) is 11.2.